The van der Waals surface area contributed by atoms with Gasteiger partial charge in [-0.25, -0.2) is 0 Å². The van der Waals surface area contributed by atoms with Gasteiger partial charge in [0.2, 0.25) is 5.91 Å². The van der Waals surface area contributed by atoms with Crippen molar-refractivity contribution in [3.8, 4) is 0 Å². The third-order valence-electron chi connectivity index (χ3n) is 4.76. The van der Waals surface area contributed by atoms with Crippen LogP contribution >= 0.6 is 0 Å². The summed E-state index contributed by atoms with van der Waals surface area (Å²) in [4.78, 5) is 26.7. The van der Waals surface area contributed by atoms with Crippen LogP contribution in [0.25, 0.3) is 0 Å². The smallest absolute Gasteiger partial charge is 0.258 e. The van der Waals surface area contributed by atoms with E-state index >= 15 is 0 Å². The van der Waals surface area contributed by atoms with Gasteiger partial charge in [0.25, 0.3) is 5.91 Å². The van der Waals surface area contributed by atoms with Crippen LogP contribution in [0.5, 0.6) is 0 Å². The Morgan fingerprint density at radius 2 is 1.72 bits per heavy atom. The maximum atomic E-state index is 12.7. The summed E-state index contributed by atoms with van der Waals surface area (Å²) in [6.07, 6.45) is 3.36. The van der Waals surface area contributed by atoms with Gasteiger partial charge in [-0.05, 0) is 43.2 Å². The lowest BCUT2D eigenvalue weighted by molar-refractivity contribution is -0.121. The van der Waals surface area contributed by atoms with Crippen molar-refractivity contribution in [2.24, 2.45) is 5.73 Å². The standard InChI is InChI=1S/C20H23N3O2/c1-23(17-10-3-2-4-11-17)18(24)15-8-7-9-16(14-15)22-19(25)20(21)12-5-6-13-20/h2-4,7-11,14H,5-6,12-13,21H2,1H3,(H,22,25). The highest BCUT2D eigenvalue weighted by Crippen LogP contribution is 2.28. The number of hydrogen-bond donors (Lipinski definition) is 2. The van der Waals surface area contributed by atoms with E-state index in [1.165, 1.54) is 0 Å². The summed E-state index contributed by atoms with van der Waals surface area (Å²) in [7, 11) is 1.73. The number of hydrogen-bond acceptors (Lipinski definition) is 3. The maximum Gasteiger partial charge on any atom is 0.258 e. The van der Waals surface area contributed by atoms with Gasteiger partial charge in [-0.2, -0.15) is 0 Å². The van der Waals surface area contributed by atoms with Crippen LogP contribution in [0.3, 0.4) is 0 Å². The molecule has 5 heteroatoms. The minimum absolute atomic E-state index is 0.134. The molecule has 0 aromatic heterocycles. The molecule has 0 radical (unpaired) electrons. The molecule has 130 valence electrons. The van der Waals surface area contributed by atoms with Crippen molar-refractivity contribution in [3.05, 3.63) is 60.2 Å². The first kappa shape index (κ1) is 17.2. The summed E-state index contributed by atoms with van der Waals surface area (Å²) in [5.74, 6) is -0.309. The molecule has 0 aliphatic heterocycles. The predicted octanol–water partition coefficient (Wildman–Crippen LogP) is 3.17. The molecule has 5 nitrogen and oxygen atoms in total. The van der Waals surface area contributed by atoms with Gasteiger partial charge in [-0.1, -0.05) is 37.1 Å². The largest absolute Gasteiger partial charge is 0.324 e. The SMILES string of the molecule is CN(C(=O)c1cccc(NC(=O)C2(N)CCCC2)c1)c1ccccc1. The summed E-state index contributed by atoms with van der Waals surface area (Å²) in [6.45, 7) is 0. The normalized spacial score (nSPS) is 15.6. The van der Waals surface area contributed by atoms with Crippen molar-refractivity contribution in [1.82, 2.24) is 0 Å². The summed E-state index contributed by atoms with van der Waals surface area (Å²) in [5, 5.41) is 2.86. The fourth-order valence-corrected chi connectivity index (χ4v) is 3.18. The molecule has 1 aliphatic carbocycles. The van der Waals surface area contributed by atoms with Gasteiger partial charge in [-0.15, -0.1) is 0 Å². The van der Waals surface area contributed by atoms with Crippen LogP contribution in [0.4, 0.5) is 11.4 Å². The highest BCUT2D eigenvalue weighted by atomic mass is 16.2. The molecular weight excluding hydrogens is 314 g/mol. The number of nitrogens with one attached hydrogen (secondary N) is 1. The average Bonchev–Trinajstić information content (AvgIpc) is 3.09. The first-order valence-corrected chi connectivity index (χ1v) is 8.53. The molecule has 3 rings (SSSR count). The highest BCUT2D eigenvalue weighted by molar-refractivity contribution is 6.07. The van der Waals surface area contributed by atoms with Gasteiger partial charge in [0.1, 0.15) is 0 Å². The van der Waals surface area contributed by atoms with Crippen LogP contribution < -0.4 is 16.0 Å². The highest BCUT2D eigenvalue weighted by Gasteiger charge is 2.37. The fourth-order valence-electron chi connectivity index (χ4n) is 3.18. The van der Waals surface area contributed by atoms with E-state index < -0.39 is 5.54 Å². The third-order valence-corrected chi connectivity index (χ3v) is 4.76. The molecule has 1 aliphatic rings. The van der Waals surface area contributed by atoms with Crippen molar-refractivity contribution in [3.63, 3.8) is 0 Å². The lowest BCUT2D eigenvalue weighted by Gasteiger charge is -2.22. The predicted molar refractivity (Wildman–Crippen MR) is 99.6 cm³/mol. The molecule has 0 heterocycles. The Morgan fingerprint density at radius 3 is 2.40 bits per heavy atom. The summed E-state index contributed by atoms with van der Waals surface area (Å²) < 4.78 is 0. The number of anilines is 2. The second-order valence-corrected chi connectivity index (χ2v) is 6.60. The number of rotatable bonds is 4. The Hall–Kier alpha value is -2.66. The molecule has 1 fully saturated rings. The number of benzene rings is 2. The number of carbonyl (C=O) groups excluding carboxylic acids is 2. The molecule has 0 saturated heterocycles. The van der Waals surface area contributed by atoms with Crippen LogP contribution in [-0.2, 0) is 4.79 Å². The lowest BCUT2D eigenvalue weighted by atomic mass is 9.98. The van der Waals surface area contributed by atoms with E-state index in [0.717, 1.165) is 18.5 Å². The molecule has 0 bridgehead atoms. The van der Waals surface area contributed by atoms with E-state index in [2.05, 4.69) is 5.32 Å². The Balaban J connectivity index is 1.75. The van der Waals surface area contributed by atoms with Crippen LogP contribution in [0.1, 0.15) is 36.0 Å². The van der Waals surface area contributed by atoms with Gasteiger partial charge >= 0.3 is 0 Å². The van der Waals surface area contributed by atoms with Crippen molar-refractivity contribution in [2.45, 2.75) is 31.2 Å². The van der Waals surface area contributed by atoms with Crippen LogP contribution in [0.2, 0.25) is 0 Å². The van der Waals surface area contributed by atoms with Gasteiger partial charge < -0.3 is 16.0 Å². The number of para-hydroxylation sites is 1. The summed E-state index contributed by atoms with van der Waals surface area (Å²) >= 11 is 0. The zero-order valence-electron chi connectivity index (χ0n) is 14.4. The Kier molecular flexibility index (Phi) is 4.86. The summed E-state index contributed by atoms with van der Waals surface area (Å²) in [5.41, 5.74) is 7.32. The van der Waals surface area contributed by atoms with Crippen molar-refractivity contribution in [2.75, 3.05) is 17.3 Å². The molecule has 2 aromatic rings. The van der Waals surface area contributed by atoms with Crippen molar-refractivity contribution < 1.29 is 9.59 Å². The zero-order valence-corrected chi connectivity index (χ0v) is 14.4. The van der Waals surface area contributed by atoms with Crippen LogP contribution in [-0.4, -0.2) is 24.4 Å². The molecule has 1 saturated carbocycles. The number of amides is 2. The minimum Gasteiger partial charge on any atom is -0.324 e. The Bertz CT molecular complexity index is 768. The van der Waals surface area contributed by atoms with E-state index in [4.69, 9.17) is 5.73 Å². The fraction of sp³-hybridized carbons (Fsp3) is 0.300. The van der Waals surface area contributed by atoms with E-state index in [1.54, 1.807) is 36.2 Å². The van der Waals surface area contributed by atoms with E-state index in [9.17, 15) is 9.59 Å². The first-order valence-electron chi connectivity index (χ1n) is 8.53. The van der Waals surface area contributed by atoms with Crippen LogP contribution in [0.15, 0.2) is 54.6 Å². The molecule has 3 N–H and O–H groups in total. The van der Waals surface area contributed by atoms with E-state index in [-0.39, 0.29) is 11.8 Å². The molecule has 0 spiro atoms. The third kappa shape index (κ3) is 3.72. The average molecular weight is 337 g/mol. The van der Waals surface area contributed by atoms with Crippen LogP contribution in [0, 0.1) is 0 Å². The molecule has 2 aromatic carbocycles. The van der Waals surface area contributed by atoms with E-state index in [0.29, 0.717) is 24.1 Å². The first-order chi connectivity index (χ1) is 12.0. The lowest BCUT2D eigenvalue weighted by Crippen LogP contribution is -2.48. The van der Waals surface area contributed by atoms with Gasteiger partial charge in [-0.3, -0.25) is 9.59 Å². The molecule has 2 amide bonds. The monoisotopic (exact) mass is 337 g/mol. The second kappa shape index (κ2) is 7.07. The zero-order chi connectivity index (χ0) is 17.9. The summed E-state index contributed by atoms with van der Waals surface area (Å²) in [6, 6.07) is 16.4. The van der Waals surface area contributed by atoms with E-state index in [1.807, 2.05) is 30.3 Å². The Morgan fingerprint density at radius 1 is 1.04 bits per heavy atom. The second-order valence-electron chi connectivity index (χ2n) is 6.60. The van der Waals surface area contributed by atoms with Crippen molar-refractivity contribution in [1.29, 1.82) is 0 Å². The number of nitrogens with zero attached hydrogens (tertiary/aromatic N) is 1. The van der Waals surface area contributed by atoms with Gasteiger partial charge in [0.05, 0.1) is 5.54 Å². The topological polar surface area (TPSA) is 75.4 Å². The van der Waals surface area contributed by atoms with Gasteiger partial charge in [0, 0.05) is 24.0 Å². The minimum atomic E-state index is -0.791. The maximum absolute atomic E-state index is 12.7. The van der Waals surface area contributed by atoms with Crippen molar-refractivity contribution >= 4 is 23.2 Å². The molecule has 25 heavy (non-hydrogen) atoms. The molecular formula is C20H23N3O2. The molecule has 0 atom stereocenters. The van der Waals surface area contributed by atoms with Gasteiger partial charge in [0.15, 0.2) is 0 Å². The number of nitrogens with two attached hydrogens (primary N) is 1. The Labute approximate surface area is 147 Å². The molecule has 0 unspecified atom stereocenters. The number of carbonyl (C=O) groups is 2. The quantitative estimate of drug-likeness (QED) is 0.900.